The summed E-state index contributed by atoms with van der Waals surface area (Å²) in [5.41, 5.74) is -1.21. The van der Waals surface area contributed by atoms with Gasteiger partial charge in [-0.3, -0.25) is 0 Å². The number of carbonyl (C=O) groups excluding carboxylic acids is 1. The molecule has 8 heteroatoms. The number of nitriles is 3. The zero-order valence-electron chi connectivity index (χ0n) is 14.7. The van der Waals surface area contributed by atoms with Gasteiger partial charge < -0.3 is 15.0 Å². The fraction of sp³-hybridized carbons (Fsp3) is 0.421. The Bertz CT molecular complexity index is 901. The third-order valence-corrected chi connectivity index (χ3v) is 6.12. The molecule has 136 valence electrons. The Balaban J connectivity index is 2.15. The van der Waals surface area contributed by atoms with Gasteiger partial charge in [-0.15, -0.1) is 11.3 Å². The van der Waals surface area contributed by atoms with Crippen molar-refractivity contribution in [1.29, 1.82) is 21.2 Å². The van der Waals surface area contributed by atoms with Crippen molar-refractivity contribution in [3.63, 3.8) is 0 Å². The number of hydrogen-bond donors (Lipinski definition) is 1. The molecular weight excluding hydrogens is 362 g/mol. The highest BCUT2D eigenvalue weighted by Crippen LogP contribution is 2.54. The monoisotopic (exact) mass is 379 g/mol. The number of ether oxygens (including phenoxy) is 1. The van der Waals surface area contributed by atoms with Crippen molar-refractivity contribution in [2.24, 2.45) is 17.3 Å². The zero-order chi connectivity index (χ0) is 19.6. The van der Waals surface area contributed by atoms with E-state index in [-0.39, 0.29) is 25.4 Å². The van der Waals surface area contributed by atoms with Crippen LogP contribution in [-0.4, -0.2) is 36.4 Å². The van der Waals surface area contributed by atoms with Crippen LogP contribution in [0.4, 0.5) is 4.79 Å². The van der Waals surface area contributed by atoms with Gasteiger partial charge in [0, 0.05) is 29.8 Å². The maximum atomic E-state index is 12.2. The van der Waals surface area contributed by atoms with Crippen molar-refractivity contribution in [1.82, 2.24) is 4.90 Å². The Morgan fingerprint density at radius 2 is 2.19 bits per heavy atom. The predicted molar refractivity (Wildman–Crippen MR) is 97.7 cm³/mol. The summed E-state index contributed by atoms with van der Waals surface area (Å²) in [6.07, 6.45) is 1.30. The van der Waals surface area contributed by atoms with Gasteiger partial charge in [0.2, 0.25) is 0 Å². The first-order valence-electron chi connectivity index (χ1n) is 8.50. The molecule has 1 N–H and O–H groups in total. The first-order chi connectivity index (χ1) is 13.0. The molecule has 3 rings (SSSR count). The molecule has 1 fully saturated rings. The molecular formula is C19H17N5O2S. The molecule has 2 heterocycles. The summed E-state index contributed by atoms with van der Waals surface area (Å²) < 4.78 is 5.09. The van der Waals surface area contributed by atoms with Gasteiger partial charge in [0.15, 0.2) is 5.41 Å². The average molecular weight is 379 g/mol. The molecule has 1 aromatic heterocycles. The van der Waals surface area contributed by atoms with Crippen LogP contribution in [0, 0.1) is 56.7 Å². The van der Waals surface area contributed by atoms with E-state index in [1.807, 2.05) is 29.7 Å². The molecule has 1 unspecified atom stereocenters. The number of nitrogens with zero attached hydrogens (tertiary/aromatic N) is 4. The SMILES string of the molecule is CCOC(=O)N1CC=C2C(C#N)C(=N)C(C#N)(C#N)[C@H](c3cccs3)[C@H]2C1. The lowest BCUT2D eigenvalue weighted by Crippen LogP contribution is -2.53. The lowest BCUT2D eigenvalue weighted by molar-refractivity contribution is 0.0994. The van der Waals surface area contributed by atoms with Crippen LogP contribution in [-0.2, 0) is 4.74 Å². The summed E-state index contributed by atoms with van der Waals surface area (Å²) >= 11 is 1.41. The number of amides is 1. The fourth-order valence-corrected chi connectivity index (χ4v) is 4.90. The molecule has 1 saturated carbocycles. The molecule has 2 aliphatic rings. The lowest BCUT2D eigenvalue weighted by Gasteiger charge is -2.46. The Morgan fingerprint density at radius 1 is 1.44 bits per heavy atom. The van der Waals surface area contributed by atoms with Crippen molar-refractivity contribution < 1.29 is 9.53 Å². The highest BCUT2D eigenvalue weighted by Gasteiger charge is 2.58. The number of hydrogen-bond acceptors (Lipinski definition) is 7. The van der Waals surface area contributed by atoms with Crippen molar-refractivity contribution in [2.45, 2.75) is 12.8 Å². The molecule has 1 aliphatic heterocycles. The van der Waals surface area contributed by atoms with E-state index in [2.05, 4.69) is 6.07 Å². The van der Waals surface area contributed by atoms with E-state index in [4.69, 9.17) is 10.1 Å². The molecule has 27 heavy (non-hydrogen) atoms. The van der Waals surface area contributed by atoms with Crippen LogP contribution in [0.3, 0.4) is 0 Å². The van der Waals surface area contributed by atoms with Crippen LogP contribution in [0.15, 0.2) is 29.2 Å². The summed E-state index contributed by atoms with van der Waals surface area (Å²) in [7, 11) is 0. The third-order valence-electron chi connectivity index (χ3n) is 5.17. The van der Waals surface area contributed by atoms with Gasteiger partial charge in [-0.05, 0) is 23.9 Å². The van der Waals surface area contributed by atoms with E-state index >= 15 is 0 Å². The summed E-state index contributed by atoms with van der Waals surface area (Å²) in [6.45, 7) is 2.49. The molecule has 7 nitrogen and oxygen atoms in total. The van der Waals surface area contributed by atoms with E-state index < -0.39 is 29.3 Å². The van der Waals surface area contributed by atoms with E-state index in [1.165, 1.54) is 16.2 Å². The second kappa shape index (κ2) is 7.23. The smallest absolute Gasteiger partial charge is 0.410 e. The van der Waals surface area contributed by atoms with Gasteiger partial charge in [-0.2, -0.15) is 15.8 Å². The summed E-state index contributed by atoms with van der Waals surface area (Å²) in [6, 6.07) is 9.81. The van der Waals surface area contributed by atoms with E-state index in [0.717, 1.165) is 4.88 Å². The van der Waals surface area contributed by atoms with Gasteiger partial charge >= 0.3 is 6.09 Å². The summed E-state index contributed by atoms with van der Waals surface area (Å²) in [5.74, 6) is -1.96. The van der Waals surface area contributed by atoms with Gasteiger partial charge in [0.1, 0.15) is 5.92 Å². The number of fused-ring (bicyclic) bond motifs is 1. The lowest BCUT2D eigenvalue weighted by atomic mass is 9.55. The fourth-order valence-electron chi connectivity index (χ4n) is 3.95. The van der Waals surface area contributed by atoms with Gasteiger partial charge in [0.25, 0.3) is 0 Å². The van der Waals surface area contributed by atoms with Gasteiger partial charge in [0.05, 0.1) is 30.5 Å². The summed E-state index contributed by atoms with van der Waals surface area (Å²) in [5, 5.41) is 39.8. The van der Waals surface area contributed by atoms with E-state index in [1.54, 1.807) is 13.0 Å². The Kier molecular flexibility index (Phi) is 4.99. The van der Waals surface area contributed by atoms with Crippen LogP contribution in [0.2, 0.25) is 0 Å². The minimum Gasteiger partial charge on any atom is -0.450 e. The Labute approximate surface area is 161 Å². The minimum atomic E-state index is -1.75. The quantitative estimate of drug-likeness (QED) is 0.791. The van der Waals surface area contributed by atoms with Crippen molar-refractivity contribution in [2.75, 3.05) is 19.7 Å². The second-order valence-corrected chi connectivity index (χ2v) is 7.39. The molecule has 0 saturated heterocycles. The Hall–Kier alpha value is -3.15. The van der Waals surface area contributed by atoms with Crippen LogP contribution in [0.1, 0.15) is 17.7 Å². The van der Waals surface area contributed by atoms with Crippen molar-refractivity contribution >= 4 is 23.1 Å². The van der Waals surface area contributed by atoms with Crippen molar-refractivity contribution in [3.8, 4) is 18.2 Å². The Morgan fingerprint density at radius 3 is 2.74 bits per heavy atom. The standard InChI is InChI=1S/C19H17N5O2S/c1-2-26-18(25)24-6-5-12-13(8-20)17(23)19(10-21,11-22)16(14(12)9-24)15-4-3-7-27-15/h3-5,7,13-14,16,23H,2,6,9H2,1H3/t13?,14-,16-/m0/s1. The van der Waals surface area contributed by atoms with E-state index in [0.29, 0.717) is 5.57 Å². The van der Waals surface area contributed by atoms with Gasteiger partial charge in [-0.25, -0.2) is 4.79 Å². The van der Waals surface area contributed by atoms with Crippen LogP contribution in [0.5, 0.6) is 0 Å². The largest absolute Gasteiger partial charge is 0.450 e. The second-order valence-electron chi connectivity index (χ2n) is 6.42. The summed E-state index contributed by atoms with van der Waals surface area (Å²) in [4.78, 5) is 14.5. The molecule has 1 aliphatic carbocycles. The molecule has 0 spiro atoms. The normalized spacial score (nSPS) is 26.0. The molecule has 0 bridgehead atoms. The topological polar surface area (TPSA) is 125 Å². The van der Waals surface area contributed by atoms with Crippen LogP contribution >= 0.6 is 11.3 Å². The molecule has 0 aromatic carbocycles. The van der Waals surface area contributed by atoms with E-state index in [9.17, 15) is 20.6 Å². The highest BCUT2D eigenvalue weighted by molar-refractivity contribution is 7.10. The first kappa shape index (κ1) is 18.6. The van der Waals surface area contributed by atoms with Crippen LogP contribution < -0.4 is 0 Å². The predicted octanol–water partition coefficient (Wildman–Crippen LogP) is 3.05. The molecule has 1 amide bonds. The number of carbonyl (C=O) groups is 1. The highest BCUT2D eigenvalue weighted by atomic mass is 32.1. The molecule has 3 atom stereocenters. The molecule has 1 aromatic rings. The number of thiophene rings is 1. The number of rotatable bonds is 2. The third kappa shape index (κ3) is 2.77. The van der Waals surface area contributed by atoms with Gasteiger partial charge in [-0.1, -0.05) is 12.1 Å². The maximum Gasteiger partial charge on any atom is 0.410 e. The van der Waals surface area contributed by atoms with Crippen LogP contribution in [0.25, 0.3) is 0 Å². The number of nitrogens with one attached hydrogen (secondary N) is 1. The maximum absolute atomic E-state index is 12.2. The zero-order valence-corrected chi connectivity index (χ0v) is 15.5. The molecule has 0 radical (unpaired) electrons. The minimum absolute atomic E-state index is 0.180. The van der Waals surface area contributed by atoms with Crippen molar-refractivity contribution in [3.05, 3.63) is 34.0 Å². The first-order valence-corrected chi connectivity index (χ1v) is 9.38. The average Bonchev–Trinajstić information content (AvgIpc) is 3.21.